The number of ether oxygens (including phenoxy) is 1. The van der Waals surface area contributed by atoms with E-state index in [9.17, 15) is 5.11 Å². The van der Waals surface area contributed by atoms with Gasteiger partial charge in [-0.2, -0.15) is 0 Å². The second-order valence-electron chi connectivity index (χ2n) is 9.79. The number of phenols is 1. The van der Waals surface area contributed by atoms with Crippen LogP contribution in [0.1, 0.15) is 11.1 Å². The van der Waals surface area contributed by atoms with Gasteiger partial charge < -0.3 is 9.84 Å². The summed E-state index contributed by atoms with van der Waals surface area (Å²) in [4.78, 5) is 9.42. The molecule has 0 aliphatic carbocycles. The summed E-state index contributed by atoms with van der Waals surface area (Å²) in [6.45, 7) is 4.24. The van der Waals surface area contributed by atoms with Gasteiger partial charge in [0.05, 0.1) is 11.4 Å². The molecule has 0 atom stereocenters. The molecule has 0 aliphatic rings. The van der Waals surface area contributed by atoms with Crippen molar-refractivity contribution in [3.05, 3.63) is 139 Å². The topological polar surface area (TPSA) is 55.2 Å². The first-order valence-electron chi connectivity index (χ1n) is 13.2. The van der Waals surface area contributed by atoms with Crippen LogP contribution in [0.25, 0.3) is 44.8 Å². The van der Waals surface area contributed by atoms with Crippen molar-refractivity contribution in [3.63, 3.8) is 0 Å². The first-order valence-corrected chi connectivity index (χ1v) is 13.2. The third-order valence-electron chi connectivity index (χ3n) is 6.94. The number of para-hydroxylation sites is 1. The minimum Gasteiger partial charge on any atom is -0.507 e. The first kappa shape index (κ1) is 25.1. The Balaban J connectivity index is 1.58. The predicted octanol–water partition coefficient (Wildman–Crippen LogP) is 9.26. The lowest BCUT2D eigenvalue weighted by atomic mass is 9.93. The Hall–Kier alpha value is -5.22. The SMILES string of the molecule is Cc1cccc(C)c1-c1cc(-c2cc(Oc3ccccn3)cc(-c3ccccc3)c2)nc(-c2ccccc2O)c1. The second kappa shape index (κ2) is 10.9. The van der Waals surface area contributed by atoms with E-state index in [1.54, 1.807) is 12.3 Å². The molecule has 6 rings (SSSR count). The molecule has 194 valence electrons. The molecule has 4 heteroatoms. The molecule has 2 aromatic heterocycles. The van der Waals surface area contributed by atoms with E-state index in [0.717, 1.165) is 33.5 Å². The molecule has 6 aromatic rings. The standard InChI is InChI=1S/C36H28N2O2/c1-24-11-10-12-25(2)36(24)29-22-32(38-33(23-29)31-15-6-7-16-34(31)39)28-19-27(26-13-4-3-5-14-26)20-30(21-28)40-35-17-8-9-18-37-35/h3-23,39H,1-2H3. The van der Waals surface area contributed by atoms with E-state index in [4.69, 9.17) is 9.72 Å². The van der Waals surface area contributed by atoms with Gasteiger partial charge in [-0.25, -0.2) is 9.97 Å². The fraction of sp³-hybridized carbons (Fsp3) is 0.0556. The van der Waals surface area contributed by atoms with Gasteiger partial charge in [0.15, 0.2) is 0 Å². The van der Waals surface area contributed by atoms with Gasteiger partial charge in [0.25, 0.3) is 0 Å². The number of hydrogen-bond donors (Lipinski definition) is 1. The lowest BCUT2D eigenvalue weighted by Crippen LogP contribution is -1.95. The van der Waals surface area contributed by atoms with Gasteiger partial charge >= 0.3 is 0 Å². The fourth-order valence-electron chi connectivity index (χ4n) is 5.05. The maximum atomic E-state index is 10.7. The number of aryl methyl sites for hydroxylation is 2. The Kier molecular flexibility index (Phi) is 6.82. The number of phenolic OH excluding ortho intramolecular Hbond substituents is 1. The molecule has 0 saturated heterocycles. The van der Waals surface area contributed by atoms with Crippen molar-refractivity contribution in [3.8, 4) is 62.1 Å². The lowest BCUT2D eigenvalue weighted by molar-refractivity contribution is 0.463. The number of aromatic nitrogens is 2. The predicted molar refractivity (Wildman–Crippen MR) is 161 cm³/mol. The highest BCUT2D eigenvalue weighted by Gasteiger charge is 2.15. The summed E-state index contributed by atoms with van der Waals surface area (Å²) in [6.07, 6.45) is 1.71. The van der Waals surface area contributed by atoms with Crippen LogP contribution in [0.15, 0.2) is 128 Å². The zero-order valence-corrected chi connectivity index (χ0v) is 22.4. The van der Waals surface area contributed by atoms with Gasteiger partial charge in [-0.1, -0.05) is 66.7 Å². The summed E-state index contributed by atoms with van der Waals surface area (Å²) >= 11 is 0. The molecule has 2 heterocycles. The molecule has 0 unspecified atom stereocenters. The first-order chi connectivity index (χ1) is 19.5. The van der Waals surface area contributed by atoms with E-state index in [-0.39, 0.29) is 5.75 Å². The molecular weight excluding hydrogens is 492 g/mol. The summed E-state index contributed by atoms with van der Waals surface area (Å²) in [5.41, 5.74) is 9.69. The van der Waals surface area contributed by atoms with Gasteiger partial charge in [-0.3, -0.25) is 0 Å². The number of aromatic hydroxyl groups is 1. The molecule has 0 spiro atoms. The number of hydrogen-bond acceptors (Lipinski definition) is 4. The van der Waals surface area contributed by atoms with Gasteiger partial charge in [0, 0.05) is 23.4 Å². The van der Waals surface area contributed by atoms with Gasteiger partial charge in [0.2, 0.25) is 5.88 Å². The smallest absolute Gasteiger partial charge is 0.219 e. The minimum absolute atomic E-state index is 0.191. The van der Waals surface area contributed by atoms with E-state index in [1.165, 1.54) is 11.1 Å². The monoisotopic (exact) mass is 520 g/mol. The van der Waals surface area contributed by atoms with Gasteiger partial charge in [-0.05, 0) is 95.8 Å². The van der Waals surface area contributed by atoms with Crippen LogP contribution in [0.5, 0.6) is 17.4 Å². The molecule has 4 aromatic carbocycles. The molecular formula is C36H28N2O2. The summed E-state index contributed by atoms with van der Waals surface area (Å²) < 4.78 is 6.21. The zero-order chi connectivity index (χ0) is 27.5. The van der Waals surface area contributed by atoms with Gasteiger partial charge in [-0.15, -0.1) is 0 Å². The molecule has 0 fully saturated rings. The Bertz CT molecular complexity index is 1780. The average Bonchev–Trinajstić information content (AvgIpc) is 2.98. The van der Waals surface area contributed by atoms with E-state index in [2.05, 4.69) is 67.4 Å². The van der Waals surface area contributed by atoms with Gasteiger partial charge in [0.1, 0.15) is 11.5 Å². The second-order valence-corrected chi connectivity index (χ2v) is 9.79. The third kappa shape index (κ3) is 5.20. The van der Waals surface area contributed by atoms with Crippen LogP contribution in [-0.2, 0) is 0 Å². The highest BCUT2D eigenvalue weighted by Crippen LogP contribution is 2.38. The molecule has 0 bridgehead atoms. The van der Waals surface area contributed by atoms with Crippen molar-refractivity contribution in [2.75, 3.05) is 0 Å². The normalized spacial score (nSPS) is 10.8. The average molecular weight is 521 g/mol. The van der Waals surface area contributed by atoms with Crippen LogP contribution in [0, 0.1) is 13.8 Å². The van der Waals surface area contributed by atoms with Crippen LogP contribution in [0.2, 0.25) is 0 Å². The lowest BCUT2D eigenvalue weighted by Gasteiger charge is -2.16. The largest absolute Gasteiger partial charge is 0.507 e. The van der Waals surface area contributed by atoms with Crippen LogP contribution in [-0.4, -0.2) is 15.1 Å². The maximum Gasteiger partial charge on any atom is 0.219 e. The Morgan fingerprint density at radius 1 is 0.575 bits per heavy atom. The molecule has 0 amide bonds. The van der Waals surface area contributed by atoms with Crippen molar-refractivity contribution in [2.45, 2.75) is 13.8 Å². The quantitative estimate of drug-likeness (QED) is 0.238. The van der Waals surface area contributed by atoms with Crippen molar-refractivity contribution in [2.24, 2.45) is 0 Å². The van der Waals surface area contributed by atoms with E-state index in [1.807, 2.05) is 66.7 Å². The maximum absolute atomic E-state index is 10.7. The van der Waals surface area contributed by atoms with E-state index >= 15 is 0 Å². The van der Waals surface area contributed by atoms with E-state index < -0.39 is 0 Å². The molecule has 1 N–H and O–H groups in total. The fourth-order valence-corrected chi connectivity index (χ4v) is 5.05. The summed E-state index contributed by atoms with van der Waals surface area (Å²) in [5.74, 6) is 1.38. The Morgan fingerprint density at radius 2 is 1.27 bits per heavy atom. The Morgan fingerprint density at radius 3 is 2.02 bits per heavy atom. The van der Waals surface area contributed by atoms with Crippen LogP contribution in [0.4, 0.5) is 0 Å². The Labute approximate surface area is 234 Å². The molecule has 4 nitrogen and oxygen atoms in total. The number of nitrogens with zero attached hydrogens (tertiary/aromatic N) is 2. The number of benzene rings is 4. The van der Waals surface area contributed by atoms with Crippen LogP contribution in [0.3, 0.4) is 0 Å². The summed E-state index contributed by atoms with van der Waals surface area (Å²) in [7, 11) is 0. The molecule has 0 saturated carbocycles. The molecule has 40 heavy (non-hydrogen) atoms. The summed E-state index contributed by atoms with van der Waals surface area (Å²) in [6, 6.07) is 39.8. The molecule has 0 aliphatic heterocycles. The van der Waals surface area contributed by atoms with Crippen molar-refractivity contribution < 1.29 is 9.84 Å². The van der Waals surface area contributed by atoms with Crippen LogP contribution < -0.4 is 4.74 Å². The van der Waals surface area contributed by atoms with Crippen LogP contribution >= 0.6 is 0 Å². The highest BCUT2D eigenvalue weighted by molar-refractivity contribution is 5.82. The summed E-state index contributed by atoms with van der Waals surface area (Å²) in [5, 5.41) is 10.7. The van der Waals surface area contributed by atoms with Crippen molar-refractivity contribution >= 4 is 0 Å². The highest BCUT2D eigenvalue weighted by atomic mass is 16.5. The van der Waals surface area contributed by atoms with Crippen molar-refractivity contribution in [1.82, 2.24) is 9.97 Å². The molecule has 0 radical (unpaired) electrons. The van der Waals surface area contributed by atoms with Crippen molar-refractivity contribution in [1.29, 1.82) is 0 Å². The number of rotatable bonds is 6. The van der Waals surface area contributed by atoms with E-state index in [0.29, 0.717) is 22.9 Å². The third-order valence-corrected chi connectivity index (χ3v) is 6.94. The number of pyridine rings is 2. The minimum atomic E-state index is 0.191. The zero-order valence-electron chi connectivity index (χ0n) is 22.4.